The molecule has 0 unspecified atom stereocenters. The van der Waals surface area contributed by atoms with Crippen LogP contribution < -0.4 is 15.6 Å². The number of alkyl halides is 3. The van der Waals surface area contributed by atoms with Gasteiger partial charge in [-0.25, -0.2) is 4.68 Å². The van der Waals surface area contributed by atoms with Gasteiger partial charge in [-0.15, -0.1) is 0 Å². The number of para-hydroxylation sites is 1. The Bertz CT molecular complexity index is 1100. The summed E-state index contributed by atoms with van der Waals surface area (Å²) >= 11 is 0. The zero-order valence-electron chi connectivity index (χ0n) is 16.5. The Balaban J connectivity index is 1.77. The largest absolute Gasteiger partial charge is 0.481 e. The summed E-state index contributed by atoms with van der Waals surface area (Å²) in [5.74, 6) is -0.488. The Morgan fingerprint density at radius 1 is 1.07 bits per heavy atom. The molecule has 0 fully saturated rings. The number of hydrogen-bond acceptors (Lipinski definition) is 3. The number of benzene rings is 2. The number of rotatable bonds is 5. The summed E-state index contributed by atoms with van der Waals surface area (Å²) in [4.78, 5) is 25.4. The minimum atomic E-state index is -4.45. The maximum absolute atomic E-state index is 12.8. The molecular formula is C21H20F3N3O3. The van der Waals surface area contributed by atoms with E-state index in [2.05, 4.69) is 5.32 Å². The van der Waals surface area contributed by atoms with Crippen LogP contribution in [0, 0.1) is 6.92 Å². The number of ether oxygens (including phenoxy) is 1. The van der Waals surface area contributed by atoms with Gasteiger partial charge >= 0.3 is 6.18 Å². The molecule has 1 N–H and O–H groups in total. The van der Waals surface area contributed by atoms with Crippen LogP contribution in [-0.4, -0.2) is 21.4 Å². The number of hydrogen-bond donors (Lipinski definition) is 1. The lowest BCUT2D eigenvalue weighted by atomic mass is 10.2. The van der Waals surface area contributed by atoms with E-state index in [1.165, 1.54) is 11.6 Å². The molecule has 1 heterocycles. The van der Waals surface area contributed by atoms with E-state index in [9.17, 15) is 22.8 Å². The van der Waals surface area contributed by atoms with Crippen molar-refractivity contribution >= 4 is 11.6 Å². The van der Waals surface area contributed by atoms with E-state index in [1.54, 1.807) is 42.9 Å². The Labute approximate surface area is 170 Å². The Morgan fingerprint density at radius 2 is 1.67 bits per heavy atom. The molecular weight excluding hydrogens is 399 g/mol. The molecule has 1 aromatic heterocycles. The highest BCUT2D eigenvalue weighted by Gasteiger charge is 2.30. The van der Waals surface area contributed by atoms with E-state index in [0.29, 0.717) is 11.4 Å². The van der Waals surface area contributed by atoms with E-state index in [1.807, 2.05) is 6.07 Å². The average Bonchev–Trinajstić information content (AvgIpc) is 2.91. The van der Waals surface area contributed by atoms with Crippen molar-refractivity contribution in [1.82, 2.24) is 9.36 Å². The second-order valence-electron chi connectivity index (χ2n) is 6.71. The third-order valence-electron chi connectivity index (χ3n) is 4.67. The summed E-state index contributed by atoms with van der Waals surface area (Å²) in [6, 6.07) is 13.0. The number of anilines is 1. The topological polar surface area (TPSA) is 65.3 Å². The number of halogens is 3. The van der Waals surface area contributed by atoms with Crippen molar-refractivity contribution in [1.29, 1.82) is 0 Å². The molecule has 0 aliphatic carbocycles. The molecule has 0 aliphatic rings. The van der Waals surface area contributed by atoms with Crippen LogP contribution in [0.5, 0.6) is 5.75 Å². The molecule has 9 heteroatoms. The molecule has 158 valence electrons. The molecule has 1 amide bonds. The zero-order chi connectivity index (χ0) is 22.1. The SMILES string of the molecule is Cc1c(NC(=O)[C@@H](C)Oc2ccc(C(F)(F)F)cc2)c(=O)n(-c2ccccc2)n1C. The van der Waals surface area contributed by atoms with Gasteiger partial charge in [0.05, 0.1) is 16.9 Å². The standard InChI is InChI=1S/C21H20F3N3O3/c1-13-18(20(29)27(26(13)3)16-7-5-4-6-8-16)25-19(28)14(2)30-17-11-9-15(10-12-17)21(22,23)24/h4-12,14H,1-3H3,(H,25,28)/t14-/m1/s1. The lowest BCUT2D eigenvalue weighted by Crippen LogP contribution is -2.32. The smallest absolute Gasteiger partial charge is 0.416 e. The Kier molecular flexibility index (Phi) is 5.73. The van der Waals surface area contributed by atoms with Gasteiger partial charge in [0, 0.05) is 7.05 Å². The fourth-order valence-corrected chi connectivity index (χ4v) is 2.92. The Morgan fingerprint density at radius 3 is 2.23 bits per heavy atom. The molecule has 0 aliphatic heterocycles. The van der Waals surface area contributed by atoms with Gasteiger partial charge in [-0.05, 0) is 50.2 Å². The van der Waals surface area contributed by atoms with E-state index in [0.717, 1.165) is 24.3 Å². The van der Waals surface area contributed by atoms with Gasteiger partial charge in [-0.2, -0.15) is 13.2 Å². The van der Waals surface area contributed by atoms with Crippen LogP contribution in [0.4, 0.5) is 18.9 Å². The number of nitrogens with one attached hydrogen (secondary N) is 1. The van der Waals surface area contributed by atoms with Crippen molar-refractivity contribution in [3.8, 4) is 11.4 Å². The van der Waals surface area contributed by atoms with Crippen molar-refractivity contribution < 1.29 is 22.7 Å². The maximum atomic E-state index is 12.8. The van der Waals surface area contributed by atoms with Gasteiger partial charge in [0.15, 0.2) is 6.10 Å². The van der Waals surface area contributed by atoms with E-state index >= 15 is 0 Å². The van der Waals surface area contributed by atoms with Gasteiger partial charge in [-0.1, -0.05) is 18.2 Å². The molecule has 0 radical (unpaired) electrons. The first kappa shape index (κ1) is 21.2. The maximum Gasteiger partial charge on any atom is 0.416 e. The third-order valence-corrected chi connectivity index (χ3v) is 4.67. The summed E-state index contributed by atoms with van der Waals surface area (Å²) in [6.07, 6.45) is -5.49. The summed E-state index contributed by atoms with van der Waals surface area (Å²) in [6.45, 7) is 3.14. The lowest BCUT2D eigenvalue weighted by Gasteiger charge is -2.15. The normalized spacial score (nSPS) is 12.5. The predicted molar refractivity (Wildman–Crippen MR) is 106 cm³/mol. The summed E-state index contributed by atoms with van der Waals surface area (Å²) < 4.78 is 46.4. The minimum absolute atomic E-state index is 0.106. The van der Waals surface area contributed by atoms with Crippen LogP contribution in [0.3, 0.4) is 0 Å². The highest BCUT2D eigenvalue weighted by molar-refractivity contribution is 5.94. The van der Waals surface area contributed by atoms with E-state index in [-0.39, 0.29) is 11.4 Å². The number of aromatic nitrogens is 2. The average molecular weight is 419 g/mol. The van der Waals surface area contributed by atoms with Crippen LogP contribution in [0.2, 0.25) is 0 Å². The summed E-state index contributed by atoms with van der Waals surface area (Å²) in [5.41, 5.74) is 0.0698. The minimum Gasteiger partial charge on any atom is -0.481 e. The number of nitrogens with zero attached hydrogens (tertiary/aromatic N) is 2. The van der Waals surface area contributed by atoms with Crippen molar-refractivity contribution in [3.63, 3.8) is 0 Å². The molecule has 0 spiro atoms. The van der Waals surface area contributed by atoms with Crippen LogP contribution in [0.25, 0.3) is 5.69 Å². The summed E-state index contributed by atoms with van der Waals surface area (Å²) in [7, 11) is 1.70. The number of amides is 1. The summed E-state index contributed by atoms with van der Waals surface area (Å²) in [5, 5.41) is 2.57. The Hall–Kier alpha value is -3.49. The third kappa shape index (κ3) is 4.24. The molecule has 3 aromatic rings. The highest BCUT2D eigenvalue weighted by Crippen LogP contribution is 2.30. The van der Waals surface area contributed by atoms with E-state index < -0.39 is 29.3 Å². The quantitative estimate of drug-likeness (QED) is 0.682. The fourth-order valence-electron chi connectivity index (χ4n) is 2.92. The second-order valence-corrected chi connectivity index (χ2v) is 6.71. The van der Waals surface area contributed by atoms with Gasteiger partial charge < -0.3 is 10.1 Å². The lowest BCUT2D eigenvalue weighted by molar-refractivity contribution is -0.137. The number of carbonyl (C=O) groups is 1. The molecule has 0 saturated heterocycles. The van der Waals surface area contributed by atoms with E-state index in [4.69, 9.17) is 4.74 Å². The van der Waals surface area contributed by atoms with Gasteiger partial charge in [0.2, 0.25) is 0 Å². The molecule has 2 aromatic carbocycles. The van der Waals surface area contributed by atoms with Crippen LogP contribution in [0.15, 0.2) is 59.4 Å². The molecule has 6 nitrogen and oxygen atoms in total. The van der Waals surface area contributed by atoms with Crippen molar-refractivity contribution in [2.45, 2.75) is 26.1 Å². The zero-order valence-corrected chi connectivity index (χ0v) is 16.5. The van der Waals surface area contributed by atoms with Gasteiger partial charge in [0.25, 0.3) is 11.5 Å². The van der Waals surface area contributed by atoms with Crippen LogP contribution >= 0.6 is 0 Å². The van der Waals surface area contributed by atoms with Crippen molar-refractivity contribution in [3.05, 3.63) is 76.2 Å². The molecule has 30 heavy (non-hydrogen) atoms. The van der Waals surface area contributed by atoms with Gasteiger partial charge in [0.1, 0.15) is 11.4 Å². The second kappa shape index (κ2) is 8.10. The first-order valence-electron chi connectivity index (χ1n) is 9.08. The number of carbonyl (C=O) groups excluding carboxylic acids is 1. The van der Waals surface area contributed by atoms with Crippen LogP contribution in [0.1, 0.15) is 18.2 Å². The molecule has 3 rings (SSSR count). The van der Waals surface area contributed by atoms with Crippen molar-refractivity contribution in [2.75, 3.05) is 5.32 Å². The predicted octanol–water partition coefficient (Wildman–Crippen LogP) is 3.91. The monoisotopic (exact) mass is 419 g/mol. The first-order valence-corrected chi connectivity index (χ1v) is 9.08. The first-order chi connectivity index (χ1) is 14.1. The molecule has 1 atom stereocenters. The highest BCUT2D eigenvalue weighted by atomic mass is 19.4. The van der Waals surface area contributed by atoms with Crippen molar-refractivity contribution in [2.24, 2.45) is 7.05 Å². The van der Waals surface area contributed by atoms with Crippen LogP contribution in [-0.2, 0) is 18.0 Å². The molecule has 0 saturated carbocycles. The van der Waals surface area contributed by atoms with Gasteiger partial charge in [-0.3, -0.25) is 14.3 Å². The molecule has 0 bridgehead atoms. The fraction of sp³-hybridized carbons (Fsp3) is 0.238.